The summed E-state index contributed by atoms with van der Waals surface area (Å²) in [4.78, 5) is 41.1. The lowest BCUT2D eigenvalue weighted by Gasteiger charge is -2.36. The van der Waals surface area contributed by atoms with Crippen LogP contribution in [-0.2, 0) is 33.9 Å². The van der Waals surface area contributed by atoms with Gasteiger partial charge in [-0.15, -0.1) is 0 Å². The number of nitrogens with zero attached hydrogens (tertiary/aromatic N) is 1. The van der Waals surface area contributed by atoms with Crippen molar-refractivity contribution >= 4 is 27.7 Å². The predicted molar refractivity (Wildman–Crippen MR) is 281 cm³/mol. The molecule has 0 aromatic rings. The molecule has 394 valence electrons. The minimum Gasteiger partial charge on any atom is -0.462 e. The Morgan fingerprint density at radius 1 is 0.582 bits per heavy atom. The minimum atomic E-state index is -3.58. The van der Waals surface area contributed by atoms with Crippen LogP contribution in [0.4, 0.5) is 0 Å². The van der Waals surface area contributed by atoms with Crippen molar-refractivity contribution in [3.8, 4) is 0 Å². The van der Waals surface area contributed by atoms with E-state index in [4.69, 9.17) is 9.47 Å². The zero-order valence-corrected chi connectivity index (χ0v) is 45.7. The third kappa shape index (κ3) is 26.5. The normalized spacial score (nSPS) is 18.4. The van der Waals surface area contributed by atoms with E-state index in [-0.39, 0.29) is 41.1 Å². The van der Waals surface area contributed by atoms with Crippen LogP contribution in [0.3, 0.4) is 0 Å². The van der Waals surface area contributed by atoms with Crippen LogP contribution in [0.1, 0.15) is 286 Å². The number of sulfonamides is 1. The van der Waals surface area contributed by atoms with Crippen molar-refractivity contribution in [3.63, 3.8) is 0 Å². The second kappa shape index (κ2) is 37.3. The molecule has 2 unspecified atom stereocenters. The quantitative estimate of drug-likeness (QED) is 0.0473. The van der Waals surface area contributed by atoms with E-state index in [1.807, 2.05) is 0 Å². The summed E-state index contributed by atoms with van der Waals surface area (Å²) in [5, 5.41) is 0. The fourth-order valence-electron chi connectivity index (χ4n) is 11.2. The monoisotopic (exact) mass is 965 g/mol. The Kier molecular flexibility index (Phi) is 34.3. The van der Waals surface area contributed by atoms with Crippen molar-refractivity contribution in [2.75, 3.05) is 31.9 Å². The average molecular weight is 966 g/mol. The zero-order chi connectivity index (χ0) is 49.1. The summed E-state index contributed by atoms with van der Waals surface area (Å²) in [6.07, 6.45) is 40.9. The second-order valence-electron chi connectivity index (χ2n) is 21.9. The van der Waals surface area contributed by atoms with Gasteiger partial charge in [-0.05, 0) is 121 Å². The van der Waals surface area contributed by atoms with Crippen LogP contribution < -0.4 is 4.72 Å². The van der Waals surface area contributed by atoms with Crippen LogP contribution in [-0.4, -0.2) is 75.2 Å². The molecule has 2 aliphatic carbocycles. The Labute approximate surface area is 414 Å². The number of unbranched alkanes of at least 4 members (excludes halogenated alkanes) is 23. The highest BCUT2D eigenvalue weighted by Crippen LogP contribution is 2.64. The van der Waals surface area contributed by atoms with Gasteiger partial charge in [-0.25, -0.2) is 13.1 Å². The molecule has 2 bridgehead atoms. The van der Waals surface area contributed by atoms with Gasteiger partial charge < -0.3 is 14.4 Å². The Morgan fingerprint density at radius 3 is 1.42 bits per heavy atom. The maximum Gasteiger partial charge on any atom is 0.306 e. The van der Waals surface area contributed by atoms with Gasteiger partial charge in [0.2, 0.25) is 10.0 Å². The molecule has 0 radical (unpaired) electrons. The van der Waals surface area contributed by atoms with Crippen molar-refractivity contribution in [1.82, 2.24) is 9.62 Å². The molecule has 2 aliphatic rings. The number of hydrogen-bond acceptors (Lipinski definition) is 8. The average Bonchev–Trinajstić information content (AvgIpc) is 3.64. The van der Waals surface area contributed by atoms with Gasteiger partial charge in [0.25, 0.3) is 0 Å². The van der Waals surface area contributed by atoms with E-state index in [1.165, 1.54) is 96.3 Å². The number of carbonyl (C=O) groups is 3. The van der Waals surface area contributed by atoms with Crippen molar-refractivity contribution in [2.24, 2.45) is 16.7 Å². The van der Waals surface area contributed by atoms with E-state index in [0.29, 0.717) is 38.1 Å². The molecule has 0 aromatic carbocycles. The topological polar surface area (TPSA) is 119 Å². The van der Waals surface area contributed by atoms with Gasteiger partial charge in [-0.2, -0.15) is 0 Å². The number of carbonyl (C=O) groups excluding carboxylic acids is 3. The van der Waals surface area contributed by atoms with E-state index in [0.717, 1.165) is 142 Å². The maximum atomic E-state index is 13.4. The van der Waals surface area contributed by atoms with Crippen molar-refractivity contribution < 1.29 is 32.3 Å². The number of fused-ring (bicyclic) bond motifs is 2. The summed E-state index contributed by atoms with van der Waals surface area (Å²) in [6.45, 7) is 16.2. The van der Waals surface area contributed by atoms with Gasteiger partial charge in [0.15, 0.2) is 0 Å². The Hall–Kier alpha value is -1.52. The molecular weight excluding hydrogens is 857 g/mol. The van der Waals surface area contributed by atoms with Crippen LogP contribution in [0.5, 0.6) is 0 Å². The molecule has 0 spiro atoms. The first-order valence-corrected chi connectivity index (χ1v) is 30.6. The highest BCUT2D eigenvalue weighted by molar-refractivity contribution is 7.89. The van der Waals surface area contributed by atoms with Gasteiger partial charge in [0.1, 0.15) is 18.0 Å². The molecule has 2 saturated carbocycles. The molecule has 67 heavy (non-hydrogen) atoms. The van der Waals surface area contributed by atoms with E-state index < -0.39 is 15.4 Å². The van der Waals surface area contributed by atoms with E-state index >= 15 is 0 Å². The number of nitrogens with one attached hydrogen (secondary N) is 1. The van der Waals surface area contributed by atoms with Gasteiger partial charge in [0.05, 0.1) is 5.75 Å². The molecule has 0 aliphatic heterocycles. The van der Waals surface area contributed by atoms with Crippen LogP contribution in [0.15, 0.2) is 0 Å². The molecule has 1 N–H and O–H groups in total. The van der Waals surface area contributed by atoms with E-state index in [9.17, 15) is 22.8 Å². The molecule has 2 fully saturated rings. The number of esters is 2. The van der Waals surface area contributed by atoms with Crippen LogP contribution in [0.25, 0.3) is 0 Å². The highest BCUT2D eigenvalue weighted by Gasteiger charge is 2.65. The number of Topliss-reactive ketones (excluding diaryl/α,β-unsaturated/α-hetero) is 1. The lowest BCUT2D eigenvalue weighted by atomic mass is 9.70. The molecule has 0 saturated heterocycles. The fourth-order valence-corrected chi connectivity index (χ4v) is 13.1. The Bertz CT molecular complexity index is 1370. The third-order valence-corrected chi connectivity index (χ3v) is 17.5. The summed E-state index contributed by atoms with van der Waals surface area (Å²) in [7, 11) is -3.58. The largest absolute Gasteiger partial charge is 0.462 e. The van der Waals surface area contributed by atoms with E-state index in [1.54, 1.807) is 0 Å². The summed E-state index contributed by atoms with van der Waals surface area (Å²) in [5.74, 6) is 0.292. The highest BCUT2D eigenvalue weighted by atomic mass is 32.2. The number of rotatable bonds is 47. The Morgan fingerprint density at radius 2 is 0.985 bits per heavy atom. The van der Waals surface area contributed by atoms with Gasteiger partial charge in [-0.3, -0.25) is 14.4 Å². The SMILES string of the molecule is CCCCCCCCC(CC)OC(=O)CCCCCCCN(CCCCCCCC(=O)OC(CCCCCCCC)CCCCCCCC)CCCNS(=O)(=O)CC12CC[C@@H](CC1=O)C2(C)C. The van der Waals surface area contributed by atoms with Crippen molar-refractivity contribution in [3.05, 3.63) is 0 Å². The van der Waals surface area contributed by atoms with Crippen LogP contribution in [0.2, 0.25) is 0 Å². The summed E-state index contributed by atoms with van der Waals surface area (Å²) < 4.78 is 41.5. The third-order valence-electron chi connectivity index (χ3n) is 15.9. The number of ether oxygens (including phenoxy) is 2. The zero-order valence-electron chi connectivity index (χ0n) is 44.9. The molecule has 0 aromatic heterocycles. The first-order valence-electron chi connectivity index (χ1n) is 29.0. The molecule has 2 rings (SSSR count). The summed E-state index contributed by atoms with van der Waals surface area (Å²) in [5.41, 5.74) is -1.01. The van der Waals surface area contributed by atoms with Crippen LogP contribution >= 0.6 is 0 Å². The summed E-state index contributed by atoms with van der Waals surface area (Å²) >= 11 is 0. The molecular formula is C57H108N2O7S. The second-order valence-corrected chi connectivity index (χ2v) is 23.7. The summed E-state index contributed by atoms with van der Waals surface area (Å²) in [6, 6.07) is 0. The predicted octanol–water partition coefficient (Wildman–Crippen LogP) is 15.2. The van der Waals surface area contributed by atoms with Gasteiger partial charge >= 0.3 is 11.9 Å². The van der Waals surface area contributed by atoms with Crippen molar-refractivity contribution in [1.29, 1.82) is 0 Å². The maximum absolute atomic E-state index is 13.4. The minimum absolute atomic E-state index is 0.0155. The lowest BCUT2D eigenvalue weighted by Crippen LogP contribution is -2.45. The Balaban J connectivity index is 1.76. The molecule has 3 atom stereocenters. The first-order chi connectivity index (χ1) is 32.3. The molecule has 0 heterocycles. The van der Waals surface area contributed by atoms with Gasteiger partial charge in [-0.1, -0.05) is 176 Å². The number of ketones is 1. The van der Waals surface area contributed by atoms with Crippen molar-refractivity contribution in [2.45, 2.75) is 298 Å². The molecule has 10 heteroatoms. The molecule has 9 nitrogen and oxygen atoms in total. The van der Waals surface area contributed by atoms with E-state index in [2.05, 4.69) is 51.2 Å². The first kappa shape index (κ1) is 61.6. The molecule has 0 amide bonds. The smallest absolute Gasteiger partial charge is 0.306 e. The van der Waals surface area contributed by atoms with Gasteiger partial charge in [0, 0.05) is 31.2 Å². The number of hydrogen-bond donors (Lipinski definition) is 1. The standard InChI is InChI=1S/C57H108N2O7S/c1-7-11-14-17-22-29-37-51(10-4)65-54(61)40-32-25-20-27-34-45-59(47-36-44-58-67(63,64)49-57-43-42-50(48-53(57)60)56(57,5)6)46-35-28-21-26-33-41-55(62)66-52(38-30-23-18-15-12-8-2)39-31-24-19-16-13-9-3/h50-52,58H,7-49H2,1-6H3/t50-,51?,57?/m0/s1. The fraction of sp³-hybridized carbons (Fsp3) is 0.947. The lowest BCUT2D eigenvalue weighted by molar-refractivity contribution is -0.150. The van der Waals surface area contributed by atoms with Crippen LogP contribution in [0, 0.1) is 16.7 Å².